The molecule has 0 aliphatic carbocycles. The zero-order valence-electron chi connectivity index (χ0n) is 11.1. The summed E-state index contributed by atoms with van der Waals surface area (Å²) in [5.74, 6) is 1.06. The number of hydrogen-bond acceptors (Lipinski definition) is 7. The number of nitrogens with zero attached hydrogens (tertiary/aromatic N) is 3. The van der Waals surface area contributed by atoms with E-state index >= 15 is 0 Å². The van der Waals surface area contributed by atoms with Crippen molar-refractivity contribution in [3.05, 3.63) is 21.8 Å². The first kappa shape index (κ1) is 15.6. The van der Waals surface area contributed by atoms with Crippen molar-refractivity contribution in [2.75, 3.05) is 33.4 Å². The minimum absolute atomic E-state index is 0.0859. The van der Waals surface area contributed by atoms with E-state index in [1.165, 1.54) is 0 Å². The van der Waals surface area contributed by atoms with Crippen molar-refractivity contribution in [3.8, 4) is 10.8 Å². The molecule has 6 nitrogen and oxygen atoms in total. The van der Waals surface area contributed by atoms with Gasteiger partial charge in [-0.15, -0.1) is 21.5 Å². The predicted octanol–water partition coefficient (Wildman–Crippen LogP) is 2.00. The first-order valence-corrected chi connectivity index (χ1v) is 7.74. The van der Waals surface area contributed by atoms with Crippen molar-refractivity contribution in [3.63, 3.8) is 0 Å². The van der Waals surface area contributed by atoms with Gasteiger partial charge in [-0.3, -0.25) is 4.90 Å². The summed E-state index contributed by atoms with van der Waals surface area (Å²) in [7, 11) is 1.65. The minimum Gasteiger partial charge on any atom is -0.419 e. The third kappa shape index (κ3) is 4.35. The van der Waals surface area contributed by atoms with Crippen molar-refractivity contribution >= 4 is 27.3 Å². The summed E-state index contributed by atoms with van der Waals surface area (Å²) in [6, 6.07) is 3.88. The van der Waals surface area contributed by atoms with Gasteiger partial charge >= 0.3 is 0 Å². The lowest BCUT2D eigenvalue weighted by Gasteiger charge is -2.18. The van der Waals surface area contributed by atoms with Crippen molar-refractivity contribution < 1.29 is 14.3 Å². The summed E-state index contributed by atoms with van der Waals surface area (Å²) in [6.07, 6.45) is 0. The number of aromatic nitrogens is 2. The Hall–Kier alpha value is -0.800. The van der Waals surface area contributed by atoms with Crippen molar-refractivity contribution in [1.82, 2.24) is 15.1 Å². The highest BCUT2D eigenvalue weighted by Crippen LogP contribution is 2.30. The first-order chi connectivity index (χ1) is 9.72. The van der Waals surface area contributed by atoms with E-state index in [9.17, 15) is 0 Å². The van der Waals surface area contributed by atoms with E-state index in [0.29, 0.717) is 38.0 Å². The molecule has 0 atom stereocenters. The molecule has 0 saturated carbocycles. The Labute approximate surface area is 129 Å². The average Bonchev–Trinajstić information content (AvgIpc) is 3.05. The van der Waals surface area contributed by atoms with Crippen LogP contribution in [0.25, 0.3) is 10.8 Å². The van der Waals surface area contributed by atoms with Crippen molar-refractivity contribution in [2.24, 2.45) is 0 Å². The van der Waals surface area contributed by atoms with Crippen LogP contribution in [-0.2, 0) is 11.3 Å². The Morgan fingerprint density at radius 1 is 1.40 bits per heavy atom. The van der Waals surface area contributed by atoms with Gasteiger partial charge in [0, 0.05) is 20.2 Å². The molecule has 0 amide bonds. The van der Waals surface area contributed by atoms with E-state index in [2.05, 4.69) is 26.1 Å². The molecule has 0 aromatic carbocycles. The Morgan fingerprint density at radius 2 is 2.25 bits per heavy atom. The van der Waals surface area contributed by atoms with Crippen LogP contribution in [0.5, 0.6) is 0 Å². The molecule has 8 heteroatoms. The molecule has 0 unspecified atom stereocenters. The van der Waals surface area contributed by atoms with E-state index in [0.717, 1.165) is 8.66 Å². The van der Waals surface area contributed by atoms with Gasteiger partial charge in [-0.1, -0.05) is 0 Å². The van der Waals surface area contributed by atoms with Gasteiger partial charge in [-0.25, -0.2) is 0 Å². The number of hydrogen-bond donors (Lipinski definition) is 1. The summed E-state index contributed by atoms with van der Waals surface area (Å²) in [4.78, 5) is 2.94. The number of methoxy groups -OCH3 is 1. The number of halogens is 1. The Bertz CT molecular complexity index is 532. The van der Waals surface area contributed by atoms with Gasteiger partial charge in [0.15, 0.2) is 0 Å². The maximum Gasteiger partial charge on any atom is 0.257 e. The Balaban J connectivity index is 2.00. The normalized spacial score (nSPS) is 11.4. The van der Waals surface area contributed by atoms with E-state index in [1.807, 2.05) is 17.0 Å². The lowest BCUT2D eigenvalue weighted by molar-refractivity contribution is 0.121. The smallest absolute Gasteiger partial charge is 0.257 e. The van der Waals surface area contributed by atoms with Crippen LogP contribution in [0.15, 0.2) is 20.3 Å². The molecule has 20 heavy (non-hydrogen) atoms. The number of aliphatic hydroxyl groups excluding tert-OH is 1. The molecule has 0 fully saturated rings. The zero-order chi connectivity index (χ0) is 14.4. The summed E-state index contributed by atoms with van der Waals surface area (Å²) < 4.78 is 11.7. The number of rotatable bonds is 8. The largest absolute Gasteiger partial charge is 0.419 e. The van der Waals surface area contributed by atoms with Crippen LogP contribution < -0.4 is 0 Å². The zero-order valence-corrected chi connectivity index (χ0v) is 13.5. The van der Waals surface area contributed by atoms with E-state index in [-0.39, 0.29) is 6.61 Å². The molecule has 2 aromatic heterocycles. The fraction of sp³-hybridized carbons (Fsp3) is 0.500. The summed E-state index contributed by atoms with van der Waals surface area (Å²) in [5.41, 5.74) is 0. The van der Waals surface area contributed by atoms with Gasteiger partial charge in [-0.05, 0) is 28.1 Å². The molecule has 0 radical (unpaired) electrons. The maximum absolute atomic E-state index is 9.05. The number of thiophene rings is 1. The van der Waals surface area contributed by atoms with Crippen LogP contribution in [0.1, 0.15) is 5.89 Å². The van der Waals surface area contributed by atoms with Gasteiger partial charge in [0.05, 0.1) is 28.4 Å². The molecule has 2 aromatic rings. The lowest BCUT2D eigenvalue weighted by Crippen LogP contribution is -2.30. The van der Waals surface area contributed by atoms with E-state index in [4.69, 9.17) is 14.3 Å². The summed E-state index contributed by atoms with van der Waals surface area (Å²) in [6.45, 7) is 2.44. The predicted molar refractivity (Wildman–Crippen MR) is 79.5 cm³/mol. The molecular weight excluding hydrogens is 346 g/mol. The highest BCUT2D eigenvalue weighted by atomic mass is 79.9. The second-order valence-corrected chi connectivity index (χ2v) is 6.56. The summed E-state index contributed by atoms with van der Waals surface area (Å²) >= 11 is 4.95. The third-order valence-electron chi connectivity index (χ3n) is 2.64. The van der Waals surface area contributed by atoms with Crippen molar-refractivity contribution in [2.45, 2.75) is 6.54 Å². The molecule has 2 rings (SSSR count). The Kier molecular flexibility index (Phi) is 6.11. The van der Waals surface area contributed by atoms with Gasteiger partial charge in [0.1, 0.15) is 0 Å². The van der Waals surface area contributed by atoms with Crippen LogP contribution in [0.2, 0.25) is 0 Å². The van der Waals surface area contributed by atoms with Gasteiger partial charge in [-0.2, -0.15) is 0 Å². The van der Waals surface area contributed by atoms with Crippen LogP contribution >= 0.6 is 27.3 Å². The monoisotopic (exact) mass is 361 g/mol. The molecule has 0 bridgehead atoms. The molecule has 1 N–H and O–H groups in total. The fourth-order valence-electron chi connectivity index (χ4n) is 1.67. The first-order valence-electron chi connectivity index (χ1n) is 6.13. The second kappa shape index (κ2) is 7.84. The quantitative estimate of drug-likeness (QED) is 0.775. The molecule has 110 valence electrons. The SMILES string of the molecule is COCCN(CCO)Cc1nnc(-c2ccc(Br)s2)o1. The van der Waals surface area contributed by atoms with Crippen LogP contribution in [0.3, 0.4) is 0 Å². The van der Waals surface area contributed by atoms with Crippen LogP contribution in [0.4, 0.5) is 0 Å². The van der Waals surface area contributed by atoms with Gasteiger partial charge in [0.2, 0.25) is 5.89 Å². The van der Waals surface area contributed by atoms with Crippen molar-refractivity contribution in [1.29, 1.82) is 0 Å². The molecular formula is C12H16BrN3O3S. The average molecular weight is 362 g/mol. The molecule has 0 saturated heterocycles. The van der Waals surface area contributed by atoms with E-state index < -0.39 is 0 Å². The third-order valence-corrected chi connectivity index (χ3v) is 4.25. The minimum atomic E-state index is 0.0859. The molecule has 0 aliphatic rings. The second-order valence-electron chi connectivity index (χ2n) is 4.10. The molecule has 0 spiro atoms. The molecule has 2 heterocycles. The fourth-order valence-corrected chi connectivity index (χ4v) is 2.98. The highest BCUT2D eigenvalue weighted by molar-refractivity contribution is 9.11. The topological polar surface area (TPSA) is 71.6 Å². The highest BCUT2D eigenvalue weighted by Gasteiger charge is 2.13. The maximum atomic E-state index is 9.05. The van der Waals surface area contributed by atoms with Gasteiger partial charge in [0.25, 0.3) is 5.89 Å². The van der Waals surface area contributed by atoms with Crippen LogP contribution in [0, 0.1) is 0 Å². The van der Waals surface area contributed by atoms with Crippen LogP contribution in [-0.4, -0.2) is 53.6 Å². The number of ether oxygens (including phenoxy) is 1. The van der Waals surface area contributed by atoms with E-state index in [1.54, 1.807) is 18.4 Å². The Morgan fingerprint density at radius 3 is 2.90 bits per heavy atom. The lowest BCUT2D eigenvalue weighted by atomic mass is 10.4. The number of aliphatic hydroxyl groups is 1. The summed E-state index contributed by atoms with van der Waals surface area (Å²) in [5, 5.41) is 17.1. The molecule has 0 aliphatic heterocycles. The standard InChI is InChI=1S/C12H16BrN3O3S/c1-18-7-5-16(4-6-17)8-11-14-15-12(19-11)9-2-3-10(13)20-9/h2-3,17H,4-8H2,1H3. The van der Waals surface area contributed by atoms with Gasteiger partial charge < -0.3 is 14.3 Å².